The van der Waals surface area contributed by atoms with Gasteiger partial charge in [-0.15, -0.1) is 0 Å². The van der Waals surface area contributed by atoms with Crippen LogP contribution in [0.4, 0.5) is 10.5 Å². The van der Waals surface area contributed by atoms with E-state index in [1.54, 1.807) is 30.8 Å². The van der Waals surface area contributed by atoms with Crippen LogP contribution in [0.3, 0.4) is 0 Å². The highest BCUT2D eigenvalue weighted by molar-refractivity contribution is 7.99. The number of benzene rings is 2. The van der Waals surface area contributed by atoms with Gasteiger partial charge >= 0.3 is 6.03 Å². The standard InChI is InChI=1S/C23H29N3O2S/c1-16-5-6-17(2)21(15-16)29-20-9-7-19(8-10-20)24-22(27)18-11-13-26(14-12-18)23(28)25(3)4/h5-10,15,18H,11-14H2,1-4H3,(H,24,27). The van der Waals surface area contributed by atoms with Gasteiger partial charge in [0.25, 0.3) is 0 Å². The molecule has 1 heterocycles. The molecule has 3 rings (SSSR count). The van der Waals surface area contributed by atoms with Crippen LogP contribution in [-0.4, -0.2) is 48.9 Å². The van der Waals surface area contributed by atoms with Crippen molar-refractivity contribution >= 4 is 29.4 Å². The second-order valence-corrected chi connectivity index (χ2v) is 8.94. The fraction of sp³-hybridized carbons (Fsp3) is 0.391. The number of urea groups is 1. The van der Waals surface area contributed by atoms with Crippen molar-refractivity contribution < 1.29 is 9.59 Å². The van der Waals surface area contributed by atoms with Gasteiger partial charge in [0.2, 0.25) is 5.91 Å². The lowest BCUT2D eigenvalue weighted by Gasteiger charge is -2.33. The van der Waals surface area contributed by atoms with Crippen LogP contribution < -0.4 is 5.32 Å². The van der Waals surface area contributed by atoms with E-state index < -0.39 is 0 Å². The number of hydrogen-bond donors (Lipinski definition) is 1. The minimum Gasteiger partial charge on any atom is -0.331 e. The monoisotopic (exact) mass is 411 g/mol. The number of piperidine rings is 1. The molecular weight excluding hydrogens is 382 g/mol. The van der Waals surface area contributed by atoms with Crippen LogP contribution in [-0.2, 0) is 4.79 Å². The summed E-state index contributed by atoms with van der Waals surface area (Å²) in [5.41, 5.74) is 3.32. The molecule has 0 radical (unpaired) electrons. The van der Waals surface area contributed by atoms with Crippen molar-refractivity contribution in [1.82, 2.24) is 9.80 Å². The molecule has 2 aromatic carbocycles. The lowest BCUT2D eigenvalue weighted by atomic mass is 9.96. The van der Waals surface area contributed by atoms with Crippen molar-refractivity contribution in [3.8, 4) is 0 Å². The Morgan fingerprint density at radius 3 is 2.31 bits per heavy atom. The van der Waals surface area contributed by atoms with Gasteiger partial charge in [-0.2, -0.15) is 0 Å². The number of nitrogens with zero attached hydrogens (tertiary/aromatic N) is 2. The highest BCUT2D eigenvalue weighted by Gasteiger charge is 2.28. The number of amides is 3. The number of likely N-dealkylation sites (tertiary alicyclic amines) is 1. The average Bonchev–Trinajstić information content (AvgIpc) is 2.71. The van der Waals surface area contributed by atoms with E-state index >= 15 is 0 Å². The van der Waals surface area contributed by atoms with Crippen LogP contribution in [0, 0.1) is 19.8 Å². The zero-order chi connectivity index (χ0) is 21.0. The first-order chi connectivity index (χ1) is 13.8. The highest BCUT2D eigenvalue weighted by atomic mass is 32.2. The third kappa shape index (κ3) is 5.54. The average molecular weight is 412 g/mol. The van der Waals surface area contributed by atoms with E-state index in [1.807, 2.05) is 29.2 Å². The largest absolute Gasteiger partial charge is 0.331 e. The Hall–Kier alpha value is -2.47. The first kappa shape index (κ1) is 21.2. The number of hydrogen-bond acceptors (Lipinski definition) is 3. The van der Waals surface area contributed by atoms with Gasteiger partial charge in [0.05, 0.1) is 0 Å². The van der Waals surface area contributed by atoms with Crippen molar-refractivity contribution in [2.75, 3.05) is 32.5 Å². The van der Waals surface area contributed by atoms with Gasteiger partial charge in [-0.05, 0) is 68.1 Å². The minimum absolute atomic E-state index is 0.0146. The predicted molar refractivity (Wildman–Crippen MR) is 118 cm³/mol. The molecule has 0 atom stereocenters. The maximum atomic E-state index is 12.6. The summed E-state index contributed by atoms with van der Waals surface area (Å²) >= 11 is 1.74. The van der Waals surface area contributed by atoms with Crippen LogP contribution >= 0.6 is 11.8 Å². The molecule has 0 aromatic heterocycles. The number of rotatable bonds is 4. The van der Waals surface area contributed by atoms with Gasteiger partial charge < -0.3 is 15.1 Å². The van der Waals surface area contributed by atoms with Crippen LogP contribution in [0.15, 0.2) is 52.3 Å². The van der Waals surface area contributed by atoms with Gasteiger partial charge in [-0.3, -0.25) is 4.79 Å². The zero-order valence-corrected chi connectivity index (χ0v) is 18.4. The Morgan fingerprint density at radius 1 is 1.03 bits per heavy atom. The van der Waals surface area contributed by atoms with Gasteiger partial charge in [-0.25, -0.2) is 4.79 Å². The quantitative estimate of drug-likeness (QED) is 0.787. The molecule has 5 nitrogen and oxygen atoms in total. The van der Waals surface area contributed by atoms with Crippen molar-refractivity contribution in [3.05, 3.63) is 53.6 Å². The van der Waals surface area contributed by atoms with E-state index in [4.69, 9.17) is 0 Å². The fourth-order valence-electron chi connectivity index (χ4n) is 3.41. The molecule has 0 unspecified atom stereocenters. The summed E-state index contributed by atoms with van der Waals surface area (Å²) in [6.45, 7) is 5.47. The molecule has 1 aliphatic heterocycles. The first-order valence-corrected chi connectivity index (χ1v) is 10.8. The van der Waals surface area contributed by atoms with Crippen molar-refractivity contribution in [2.45, 2.75) is 36.5 Å². The van der Waals surface area contributed by atoms with E-state index in [0.717, 1.165) is 10.6 Å². The number of aryl methyl sites for hydroxylation is 2. The van der Waals surface area contributed by atoms with Crippen LogP contribution in [0.25, 0.3) is 0 Å². The second-order valence-electron chi connectivity index (χ2n) is 7.82. The van der Waals surface area contributed by atoms with Gasteiger partial charge in [-0.1, -0.05) is 23.9 Å². The SMILES string of the molecule is Cc1ccc(C)c(Sc2ccc(NC(=O)C3CCN(C(=O)N(C)C)CC3)cc2)c1. The maximum Gasteiger partial charge on any atom is 0.319 e. The third-order valence-corrected chi connectivity index (χ3v) is 6.38. The van der Waals surface area contributed by atoms with Gasteiger partial charge in [0.1, 0.15) is 0 Å². The predicted octanol–water partition coefficient (Wildman–Crippen LogP) is 4.79. The third-order valence-electron chi connectivity index (χ3n) is 5.21. The topological polar surface area (TPSA) is 52.7 Å². The molecule has 0 bridgehead atoms. The Kier molecular flexibility index (Phi) is 6.85. The van der Waals surface area contributed by atoms with E-state index in [1.165, 1.54) is 16.0 Å². The normalized spacial score (nSPS) is 14.6. The Balaban J connectivity index is 1.54. The van der Waals surface area contributed by atoms with Crippen molar-refractivity contribution in [3.63, 3.8) is 0 Å². The molecule has 1 aliphatic rings. The van der Waals surface area contributed by atoms with Crippen LogP contribution in [0.2, 0.25) is 0 Å². The first-order valence-electron chi connectivity index (χ1n) is 9.96. The van der Waals surface area contributed by atoms with Gasteiger partial charge in [0, 0.05) is 48.6 Å². The fourth-order valence-corrected chi connectivity index (χ4v) is 4.41. The molecule has 0 saturated carbocycles. The smallest absolute Gasteiger partial charge is 0.319 e. The Labute approximate surface area is 177 Å². The van der Waals surface area contributed by atoms with Gasteiger partial charge in [0.15, 0.2) is 0 Å². The van der Waals surface area contributed by atoms with E-state index in [-0.39, 0.29) is 17.9 Å². The molecule has 0 aliphatic carbocycles. The molecule has 3 amide bonds. The Morgan fingerprint density at radius 2 is 1.69 bits per heavy atom. The molecule has 2 aromatic rings. The summed E-state index contributed by atoms with van der Waals surface area (Å²) in [7, 11) is 3.51. The summed E-state index contributed by atoms with van der Waals surface area (Å²) in [6, 6.07) is 14.5. The van der Waals surface area contributed by atoms with E-state index in [0.29, 0.717) is 25.9 Å². The summed E-state index contributed by atoms with van der Waals surface area (Å²) in [4.78, 5) is 30.4. The second kappa shape index (κ2) is 9.35. The number of nitrogens with one attached hydrogen (secondary N) is 1. The number of carbonyl (C=O) groups excluding carboxylic acids is 2. The Bertz CT molecular complexity index is 872. The molecule has 1 fully saturated rings. The van der Waals surface area contributed by atoms with E-state index in [9.17, 15) is 9.59 Å². The summed E-state index contributed by atoms with van der Waals surface area (Å²) in [6.07, 6.45) is 1.40. The minimum atomic E-state index is -0.0507. The number of carbonyl (C=O) groups is 2. The highest BCUT2D eigenvalue weighted by Crippen LogP contribution is 2.31. The van der Waals surface area contributed by atoms with E-state index in [2.05, 4.69) is 37.4 Å². The molecule has 29 heavy (non-hydrogen) atoms. The maximum absolute atomic E-state index is 12.6. The molecule has 0 spiro atoms. The molecule has 1 saturated heterocycles. The van der Waals surface area contributed by atoms with Crippen molar-refractivity contribution in [2.24, 2.45) is 5.92 Å². The lowest BCUT2D eigenvalue weighted by Crippen LogP contribution is -2.45. The lowest BCUT2D eigenvalue weighted by molar-refractivity contribution is -0.121. The summed E-state index contributed by atoms with van der Waals surface area (Å²) in [5, 5.41) is 3.03. The summed E-state index contributed by atoms with van der Waals surface area (Å²) < 4.78 is 0. The number of anilines is 1. The molecule has 1 N–H and O–H groups in total. The zero-order valence-electron chi connectivity index (χ0n) is 17.6. The van der Waals surface area contributed by atoms with Crippen molar-refractivity contribution in [1.29, 1.82) is 0 Å². The van der Waals surface area contributed by atoms with Crippen LogP contribution in [0.5, 0.6) is 0 Å². The van der Waals surface area contributed by atoms with Crippen LogP contribution in [0.1, 0.15) is 24.0 Å². The molecule has 6 heteroatoms. The molecular formula is C23H29N3O2S. The summed E-state index contributed by atoms with van der Waals surface area (Å²) in [5.74, 6) is -0.0120. The molecule has 154 valence electrons.